The summed E-state index contributed by atoms with van der Waals surface area (Å²) in [6.45, 7) is -3.20. The fraction of sp³-hybridized carbons (Fsp3) is 0.286. The minimum absolute atomic E-state index is 0.332. The van der Waals surface area contributed by atoms with Crippen LogP contribution >= 0.6 is 0 Å². The molecule has 0 spiro atoms. The van der Waals surface area contributed by atoms with Crippen molar-refractivity contribution in [1.82, 2.24) is 0 Å². The lowest BCUT2D eigenvalue weighted by molar-refractivity contribution is -0.138. The Morgan fingerprint density at radius 3 is 1.04 bits per heavy atom. The van der Waals surface area contributed by atoms with E-state index in [-0.39, 0.29) is 11.4 Å². The van der Waals surface area contributed by atoms with Crippen LogP contribution in [0.2, 0.25) is 0 Å². The van der Waals surface area contributed by atoms with Crippen molar-refractivity contribution in [2.24, 2.45) is 0 Å². The van der Waals surface area contributed by atoms with Gasteiger partial charge in [0, 0.05) is 0 Å². The SMILES string of the molecule is O=C(O)CN(CC(=O)O)c1ccc(N(CC(=O)O)CC(=O)O)c(O)c1O. The summed E-state index contributed by atoms with van der Waals surface area (Å²) in [6.07, 6.45) is 0. The molecule has 0 aliphatic rings. The second-order valence-electron chi connectivity index (χ2n) is 5.09. The number of anilines is 2. The number of carboxylic acids is 4. The van der Waals surface area contributed by atoms with Crippen molar-refractivity contribution < 1.29 is 49.8 Å². The van der Waals surface area contributed by atoms with E-state index in [9.17, 15) is 29.4 Å². The smallest absolute Gasteiger partial charge is 0.323 e. The van der Waals surface area contributed by atoms with E-state index in [0.29, 0.717) is 0 Å². The summed E-state index contributed by atoms with van der Waals surface area (Å²) in [7, 11) is 0. The summed E-state index contributed by atoms with van der Waals surface area (Å²) in [5.41, 5.74) is -0.664. The summed E-state index contributed by atoms with van der Waals surface area (Å²) in [5, 5.41) is 55.6. The average molecular weight is 372 g/mol. The molecule has 0 aliphatic carbocycles. The first kappa shape index (κ1) is 20.3. The molecule has 0 saturated carbocycles. The molecule has 0 fully saturated rings. The normalized spacial score (nSPS) is 10.2. The largest absolute Gasteiger partial charge is 0.503 e. The lowest BCUT2D eigenvalue weighted by atomic mass is 10.2. The highest BCUT2D eigenvalue weighted by atomic mass is 16.4. The second kappa shape index (κ2) is 8.41. The summed E-state index contributed by atoms with van der Waals surface area (Å²) < 4.78 is 0. The van der Waals surface area contributed by atoms with Gasteiger partial charge in [0.2, 0.25) is 0 Å². The van der Waals surface area contributed by atoms with Gasteiger partial charge >= 0.3 is 23.9 Å². The third-order valence-corrected chi connectivity index (χ3v) is 3.09. The molecule has 1 rings (SSSR count). The van der Waals surface area contributed by atoms with Crippen LogP contribution in [-0.4, -0.2) is 80.7 Å². The number of rotatable bonds is 10. The fourth-order valence-electron chi connectivity index (χ4n) is 2.17. The molecule has 0 unspecified atom stereocenters. The van der Waals surface area contributed by atoms with Gasteiger partial charge in [-0.05, 0) is 12.1 Å². The van der Waals surface area contributed by atoms with E-state index in [1.54, 1.807) is 0 Å². The monoisotopic (exact) mass is 372 g/mol. The molecule has 6 N–H and O–H groups in total. The molecular formula is C14H16N2O10. The van der Waals surface area contributed by atoms with Gasteiger partial charge in [0.1, 0.15) is 26.2 Å². The predicted molar refractivity (Wildman–Crippen MR) is 84.7 cm³/mol. The average Bonchev–Trinajstić information content (AvgIpc) is 2.46. The second-order valence-corrected chi connectivity index (χ2v) is 5.09. The Morgan fingerprint density at radius 1 is 0.615 bits per heavy atom. The zero-order valence-electron chi connectivity index (χ0n) is 13.2. The minimum atomic E-state index is -1.40. The van der Waals surface area contributed by atoms with Gasteiger partial charge in [-0.3, -0.25) is 19.2 Å². The fourth-order valence-corrected chi connectivity index (χ4v) is 2.17. The molecule has 0 aliphatic heterocycles. The summed E-state index contributed by atoms with van der Waals surface area (Å²) in [6, 6.07) is 2.10. The minimum Gasteiger partial charge on any atom is -0.503 e. The lowest BCUT2D eigenvalue weighted by Gasteiger charge is -2.26. The van der Waals surface area contributed by atoms with Gasteiger partial charge in [0.05, 0.1) is 11.4 Å². The Kier molecular flexibility index (Phi) is 6.58. The van der Waals surface area contributed by atoms with Gasteiger partial charge in [-0.2, -0.15) is 0 Å². The van der Waals surface area contributed by atoms with Gasteiger partial charge in [-0.15, -0.1) is 0 Å². The van der Waals surface area contributed by atoms with Gasteiger partial charge in [0.25, 0.3) is 0 Å². The van der Waals surface area contributed by atoms with Crippen LogP contribution in [0.3, 0.4) is 0 Å². The molecule has 0 bridgehead atoms. The zero-order valence-corrected chi connectivity index (χ0v) is 13.2. The van der Waals surface area contributed by atoms with Crippen molar-refractivity contribution in [1.29, 1.82) is 0 Å². The number of phenolic OH excluding ortho intramolecular Hbond substituents is 2. The van der Waals surface area contributed by atoms with Gasteiger partial charge in [0.15, 0.2) is 11.5 Å². The van der Waals surface area contributed by atoms with Gasteiger partial charge in [-0.1, -0.05) is 0 Å². The number of carboxylic acid groups (broad SMARTS) is 4. The van der Waals surface area contributed by atoms with Crippen molar-refractivity contribution >= 4 is 35.3 Å². The highest BCUT2D eigenvalue weighted by Gasteiger charge is 2.24. The first-order valence-corrected chi connectivity index (χ1v) is 6.95. The third-order valence-electron chi connectivity index (χ3n) is 3.09. The molecule has 12 nitrogen and oxygen atoms in total. The lowest BCUT2D eigenvalue weighted by Crippen LogP contribution is -2.35. The molecule has 0 amide bonds. The maximum absolute atomic E-state index is 10.9. The molecular weight excluding hydrogens is 356 g/mol. The number of aromatic hydroxyl groups is 2. The van der Waals surface area contributed by atoms with Crippen molar-refractivity contribution in [3.63, 3.8) is 0 Å². The number of nitrogens with zero attached hydrogens (tertiary/aromatic N) is 2. The Balaban J connectivity index is 3.34. The van der Waals surface area contributed by atoms with E-state index in [1.165, 1.54) is 0 Å². The molecule has 0 saturated heterocycles. The number of hydrogen-bond acceptors (Lipinski definition) is 8. The van der Waals surface area contributed by atoms with Gasteiger partial charge < -0.3 is 40.4 Å². The van der Waals surface area contributed by atoms with Crippen molar-refractivity contribution in [2.45, 2.75) is 0 Å². The van der Waals surface area contributed by atoms with Crippen molar-refractivity contribution in [2.75, 3.05) is 36.0 Å². The van der Waals surface area contributed by atoms with E-state index in [0.717, 1.165) is 21.9 Å². The summed E-state index contributed by atoms with van der Waals surface area (Å²) in [5.74, 6) is -7.41. The molecule has 26 heavy (non-hydrogen) atoms. The maximum Gasteiger partial charge on any atom is 0.323 e. The van der Waals surface area contributed by atoms with Crippen LogP contribution in [0.5, 0.6) is 11.5 Å². The van der Waals surface area contributed by atoms with Crippen LogP contribution in [0.25, 0.3) is 0 Å². The van der Waals surface area contributed by atoms with E-state index in [2.05, 4.69) is 0 Å². The first-order valence-electron chi connectivity index (χ1n) is 6.95. The highest BCUT2D eigenvalue weighted by Crippen LogP contribution is 2.42. The molecule has 12 heteroatoms. The molecule has 0 atom stereocenters. The van der Waals surface area contributed by atoms with E-state index in [4.69, 9.17) is 20.4 Å². The Labute approximate surface area is 145 Å². The standard InChI is InChI=1S/C14H16N2O10/c17-9(18)3-15(4-10(19)20)7-1-2-8(14(26)13(7)25)16(5-11(21)22)6-12(23)24/h1-2,25-26H,3-6H2,(H,17,18)(H,19,20)(H,21,22)(H,23,24). The molecule has 0 aromatic heterocycles. The number of phenols is 2. The van der Waals surface area contributed by atoms with Crippen molar-refractivity contribution in [3.8, 4) is 11.5 Å². The summed E-state index contributed by atoms with van der Waals surface area (Å²) in [4.78, 5) is 44.9. The topological polar surface area (TPSA) is 196 Å². The van der Waals surface area contributed by atoms with Crippen LogP contribution in [0.15, 0.2) is 12.1 Å². The number of benzene rings is 1. The number of hydrogen-bond donors (Lipinski definition) is 6. The zero-order chi connectivity index (χ0) is 20.0. The predicted octanol–water partition coefficient (Wildman–Crippen LogP) is -0.951. The molecule has 0 heterocycles. The van der Waals surface area contributed by atoms with E-state index < -0.39 is 61.6 Å². The van der Waals surface area contributed by atoms with Crippen molar-refractivity contribution in [3.05, 3.63) is 12.1 Å². The Bertz CT molecular complexity index is 640. The van der Waals surface area contributed by atoms with Crippen LogP contribution < -0.4 is 9.80 Å². The molecule has 1 aromatic carbocycles. The Morgan fingerprint density at radius 2 is 0.846 bits per heavy atom. The molecule has 142 valence electrons. The number of carbonyl (C=O) groups is 4. The highest BCUT2D eigenvalue weighted by molar-refractivity contribution is 5.86. The first-order chi connectivity index (χ1) is 12.0. The van der Waals surface area contributed by atoms with E-state index in [1.807, 2.05) is 0 Å². The van der Waals surface area contributed by atoms with Crippen LogP contribution in [0.4, 0.5) is 11.4 Å². The molecule has 1 aromatic rings. The van der Waals surface area contributed by atoms with Gasteiger partial charge in [-0.25, -0.2) is 0 Å². The molecule has 0 radical (unpaired) electrons. The third kappa shape index (κ3) is 5.43. The van der Waals surface area contributed by atoms with Crippen LogP contribution in [-0.2, 0) is 19.2 Å². The van der Waals surface area contributed by atoms with Crippen LogP contribution in [0, 0.1) is 0 Å². The quantitative estimate of drug-likeness (QED) is 0.276. The number of aliphatic carboxylic acids is 4. The maximum atomic E-state index is 10.9. The summed E-state index contributed by atoms with van der Waals surface area (Å²) >= 11 is 0. The van der Waals surface area contributed by atoms with Crippen LogP contribution in [0.1, 0.15) is 0 Å². The van der Waals surface area contributed by atoms with E-state index >= 15 is 0 Å². The Hall–Kier alpha value is -3.70.